The number of nitrogen functional groups attached to an aromatic ring is 1. The topological polar surface area (TPSA) is 89.9 Å². The molecule has 1 aliphatic rings. The van der Waals surface area contributed by atoms with Gasteiger partial charge in [-0.15, -0.1) is 0 Å². The van der Waals surface area contributed by atoms with E-state index in [1.54, 1.807) is 10.9 Å². The van der Waals surface area contributed by atoms with Crippen LogP contribution in [0, 0.1) is 5.92 Å². The number of fused-ring (bicyclic) bond motifs is 1. The Morgan fingerprint density at radius 1 is 1.39 bits per heavy atom. The van der Waals surface area contributed by atoms with E-state index < -0.39 is 6.23 Å². The molecular weight excluding hydrogens is 230 g/mol. The van der Waals surface area contributed by atoms with Crippen LogP contribution in [-0.4, -0.2) is 24.6 Å². The Morgan fingerprint density at radius 3 is 2.94 bits per heavy atom. The summed E-state index contributed by atoms with van der Waals surface area (Å²) in [5, 5.41) is 10.2. The van der Waals surface area contributed by atoms with Gasteiger partial charge < -0.3 is 10.8 Å². The number of nitrogens with two attached hydrogens (primary N) is 1. The molecule has 0 aromatic carbocycles. The smallest absolute Gasteiger partial charge is 0.167 e. The Bertz CT molecular complexity index is 548. The number of anilines is 1. The van der Waals surface area contributed by atoms with E-state index in [4.69, 9.17) is 5.73 Å². The van der Waals surface area contributed by atoms with Crippen molar-refractivity contribution in [3.05, 3.63) is 12.7 Å². The largest absolute Gasteiger partial charge is 0.382 e. The van der Waals surface area contributed by atoms with Crippen molar-refractivity contribution >= 4 is 17.0 Å². The molecule has 3 rings (SSSR count). The van der Waals surface area contributed by atoms with Gasteiger partial charge in [0.2, 0.25) is 0 Å². The van der Waals surface area contributed by atoms with Crippen LogP contribution in [0.2, 0.25) is 0 Å². The van der Waals surface area contributed by atoms with Crippen molar-refractivity contribution in [3.63, 3.8) is 0 Å². The highest BCUT2D eigenvalue weighted by molar-refractivity contribution is 5.81. The van der Waals surface area contributed by atoms with Gasteiger partial charge in [0.15, 0.2) is 11.5 Å². The summed E-state index contributed by atoms with van der Waals surface area (Å²) in [6.07, 6.45) is 8.12. The third-order valence-electron chi connectivity index (χ3n) is 3.77. The van der Waals surface area contributed by atoms with Crippen molar-refractivity contribution in [2.75, 3.05) is 5.73 Å². The number of hydrogen-bond acceptors (Lipinski definition) is 5. The van der Waals surface area contributed by atoms with E-state index in [-0.39, 0.29) is 0 Å². The lowest BCUT2D eigenvalue weighted by molar-refractivity contribution is 0.0836. The number of hydrogen-bond donors (Lipinski definition) is 2. The summed E-state index contributed by atoms with van der Waals surface area (Å²) in [6, 6.07) is 0. The third kappa shape index (κ3) is 1.92. The van der Waals surface area contributed by atoms with E-state index >= 15 is 0 Å². The third-order valence-corrected chi connectivity index (χ3v) is 3.77. The van der Waals surface area contributed by atoms with Gasteiger partial charge in [-0.2, -0.15) is 0 Å². The molecule has 1 atom stereocenters. The summed E-state index contributed by atoms with van der Waals surface area (Å²) in [7, 11) is 0. The standard InChI is InChI=1S/C12H17N5O/c13-11-10-12(15-6-14-11)17(7-16-10)9(18)5-4-8-2-1-3-8/h6-9,18H,1-5H2,(H2,13,14,15)/t9-/m1/s1. The summed E-state index contributed by atoms with van der Waals surface area (Å²) in [6.45, 7) is 0. The molecule has 2 aromatic rings. The van der Waals surface area contributed by atoms with Crippen LogP contribution in [0.25, 0.3) is 11.2 Å². The maximum Gasteiger partial charge on any atom is 0.167 e. The second kappa shape index (κ2) is 4.53. The van der Waals surface area contributed by atoms with E-state index in [1.807, 2.05) is 0 Å². The fraction of sp³-hybridized carbons (Fsp3) is 0.583. The fourth-order valence-corrected chi connectivity index (χ4v) is 2.39. The first-order chi connectivity index (χ1) is 8.75. The molecule has 1 aliphatic carbocycles. The van der Waals surface area contributed by atoms with Gasteiger partial charge in [0.25, 0.3) is 0 Å². The second-order valence-corrected chi connectivity index (χ2v) is 4.94. The molecule has 0 unspecified atom stereocenters. The minimum atomic E-state index is -0.579. The first kappa shape index (κ1) is 11.4. The maximum atomic E-state index is 10.2. The van der Waals surface area contributed by atoms with Gasteiger partial charge in [-0.3, -0.25) is 4.57 Å². The lowest BCUT2D eigenvalue weighted by Crippen LogP contribution is -2.15. The van der Waals surface area contributed by atoms with Crippen molar-refractivity contribution in [1.82, 2.24) is 19.5 Å². The molecule has 0 spiro atoms. The van der Waals surface area contributed by atoms with E-state index in [9.17, 15) is 5.11 Å². The molecule has 0 amide bonds. The van der Waals surface area contributed by atoms with Crippen LogP contribution in [-0.2, 0) is 0 Å². The van der Waals surface area contributed by atoms with Crippen molar-refractivity contribution in [3.8, 4) is 0 Å². The predicted octanol–water partition coefficient (Wildman–Crippen LogP) is 1.48. The molecule has 18 heavy (non-hydrogen) atoms. The molecule has 1 fully saturated rings. The fourth-order valence-electron chi connectivity index (χ4n) is 2.39. The van der Waals surface area contributed by atoms with Gasteiger partial charge in [0, 0.05) is 0 Å². The molecule has 0 bridgehead atoms. The summed E-state index contributed by atoms with van der Waals surface area (Å²) < 4.78 is 1.67. The molecule has 2 heterocycles. The average Bonchev–Trinajstić information content (AvgIpc) is 2.72. The van der Waals surface area contributed by atoms with E-state index in [2.05, 4.69) is 15.0 Å². The number of aliphatic hydroxyl groups excluding tert-OH is 1. The molecule has 0 radical (unpaired) electrons. The molecule has 2 aromatic heterocycles. The molecular formula is C12H17N5O. The quantitative estimate of drug-likeness (QED) is 0.854. The van der Waals surface area contributed by atoms with Crippen LogP contribution in [0.5, 0.6) is 0 Å². The Balaban J connectivity index is 1.78. The summed E-state index contributed by atoms with van der Waals surface area (Å²) in [5.74, 6) is 1.14. The Labute approximate surface area is 105 Å². The van der Waals surface area contributed by atoms with Crippen LogP contribution in [0.15, 0.2) is 12.7 Å². The van der Waals surface area contributed by atoms with Crippen LogP contribution in [0.3, 0.4) is 0 Å². The van der Waals surface area contributed by atoms with Crippen LogP contribution in [0.4, 0.5) is 5.82 Å². The van der Waals surface area contributed by atoms with E-state index in [0.717, 1.165) is 18.8 Å². The van der Waals surface area contributed by atoms with Crippen molar-refractivity contribution in [1.29, 1.82) is 0 Å². The highest BCUT2D eigenvalue weighted by atomic mass is 16.3. The minimum absolute atomic E-state index is 0.352. The zero-order valence-electron chi connectivity index (χ0n) is 10.2. The Morgan fingerprint density at radius 2 is 2.22 bits per heavy atom. The van der Waals surface area contributed by atoms with Crippen LogP contribution >= 0.6 is 0 Å². The molecule has 0 saturated heterocycles. The van der Waals surface area contributed by atoms with E-state index in [1.165, 1.54) is 25.6 Å². The number of nitrogens with zero attached hydrogens (tertiary/aromatic N) is 4. The first-order valence-corrected chi connectivity index (χ1v) is 6.37. The minimum Gasteiger partial charge on any atom is -0.382 e. The Kier molecular flexibility index (Phi) is 2.87. The van der Waals surface area contributed by atoms with Crippen LogP contribution in [0.1, 0.15) is 38.3 Å². The zero-order chi connectivity index (χ0) is 12.5. The molecule has 6 nitrogen and oxygen atoms in total. The van der Waals surface area contributed by atoms with E-state index in [0.29, 0.717) is 17.0 Å². The first-order valence-electron chi connectivity index (χ1n) is 6.37. The van der Waals surface area contributed by atoms with Crippen molar-refractivity contribution in [2.24, 2.45) is 5.92 Å². The number of aliphatic hydroxyl groups is 1. The number of imidazole rings is 1. The normalized spacial score (nSPS) is 17.8. The van der Waals surface area contributed by atoms with Crippen molar-refractivity contribution in [2.45, 2.75) is 38.3 Å². The highest BCUT2D eigenvalue weighted by Crippen LogP contribution is 2.32. The lowest BCUT2D eigenvalue weighted by Gasteiger charge is -2.26. The van der Waals surface area contributed by atoms with Gasteiger partial charge in [-0.25, -0.2) is 15.0 Å². The number of rotatable bonds is 4. The monoisotopic (exact) mass is 247 g/mol. The highest BCUT2D eigenvalue weighted by Gasteiger charge is 2.20. The second-order valence-electron chi connectivity index (χ2n) is 4.94. The van der Waals surface area contributed by atoms with Gasteiger partial charge >= 0.3 is 0 Å². The molecule has 96 valence electrons. The summed E-state index contributed by atoms with van der Waals surface area (Å²) >= 11 is 0. The maximum absolute atomic E-state index is 10.2. The summed E-state index contributed by atoms with van der Waals surface area (Å²) in [5.41, 5.74) is 6.87. The predicted molar refractivity (Wildman–Crippen MR) is 67.6 cm³/mol. The molecule has 1 saturated carbocycles. The zero-order valence-corrected chi connectivity index (χ0v) is 10.2. The SMILES string of the molecule is Nc1ncnc2c1ncn2[C@H](O)CCC1CCC1. The van der Waals surface area contributed by atoms with Gasteiger partial charge in [-0.1, -0.05) is 19.3 Å². The Hall–Kier alpha value is -1.69. The van der Waals surface area contributed by atoms with Gasteiger partial charge in [-0.05, 0) is 18.8 Å². The molecule has 3 N–H and O–H groups in total. The molecule has 0 aliphatic heterocycles. The van der Waals surface area contributed by atoms with Gasteiger partial charge in [0.1, 0.15) is 18.1 Å². The van der Waals surface area contributed by atoms with Gasteiger partial charge in [0.05, 0.1) is 6.33 Å². The van der Waals surface area contributed by atoms with Crippen molar-refractivity contribution < 1.29 is 5.11 Å². The van der Waals surface area contributed by atoms with Crippen LogP contribution < -0.4 is 5.73 Å². The number of aromatic nitrogens is 4. The lowest BCUT2D eigenvalue weighted by atomic mass is 9.82. The average molecular weight is 247 g/mol. The summed E-state index contributed by atoms with van der Waals surface area (Å²) in [4.78, 5) is 12.2. The molecule has 6 heteroatoms.